The van der Waals surface area contributed by atoms with Crippen LogP contribution in [-0.2, 0) is 6.42 Å². The van der Waals surface area contributed by atoms with Crippen molar-refractivity contribution in [1.82, 2.24) is 5.32 Å². The molecule has 0 atom stereocenters. The van der Waals surface area contributed by atoms with E-state index in [1.165, 1.54) is 5.56 Å². The van der Waals surface area contributed by atoms with Crippen LogP contribution in [-0.4, -0.2) is 13.1 Å². The van der Waals surface area contributed by atoms with Gasteiger partial charge in [0.05, 0.1) is 0 Å². The molecule has 0 bridgehead atoms. The summed E-state index contributed by atoms with van der Waals surface area (Å²) >= 11 is 0. The van der Waals surface area contributed by atoms with E-state index in [0.717, 1.165) is 25.9 Å². The lowest BCUT2D eigenvalue weighted by Gasteiger charge is -2.02. The lowest BCUT2D eigenvalue weighted by atomic mass is 10.1. The first-order chi connectivity index (χ1) is 6.93. The number of allylic oxidation sites excluding steroid dienone is 1. The Morgan fingerprint density at radius 1 is 1.14 bits per heavy atom. The summed E-state index contributed by atoms with van der Waals surface area (Å²) in [6.07, 6.45) is 6.54. The number of nitrogens with one attached hydrogen (secondary N) is 1. The van der Waals surface area contributed by atoms with Gasteiger partial charge in [-0.05, 0) is 38.4 Å². The molecule has 0 aliphatic carbocycles. The zero-order valence-electron chi connectivity index (χ0n) is 8.87. The van der Waals surface area contributed by atoms with Crippen molar-refractivity contribution >= 4 is 0 Å². The Morgan fingerprint density at radius 2 is 1.93 bits per heavy atom. The van der Waals surface area contributed by atoms with E-state index >= 15 is 0 Å². The number of hydrogen-bond donors (Lipinski definition) is 1. The van der Waals surface area contributed by atoms with Crippen LogP contribution in [0, 0.1) is 0 Å². The Labute approximate surface area is 86.8 Å². The van der Waals surface area contributed by atoms with Gasteiger partial charge in [0.15, 0.2) is 0 Å². The smallest absolute Gasteiger partial charge is 0.000823 e. The molecule has 1 N–H and O–H groups in total. The van der Waals surface area contributed by atoms with Gasteiger partial charge in [-0.1, -0.05) is 42.5 Å². The summed E-state index contributed by atoms with van der Waals surface area (Å²) in [5, 5.41) is 3.42. The number of benzene rings is 1. The molecule has 76 valence electrons. The predicted molar refractivity (Wildman–Crippen MR) is 62.4 cm³/mol. The van der Waals surface area contributed by atoms with Gasteiger partial charge in [0, 0.05) is 0 Å². The second-order valence-corrected chi connectivity index (χ2v) is 3.34. The van der Waals surface area contributed by atoms with Crippen LogP contribution in [0.15, 0.2) is 42.5 Å². The first kappa shape index (κ1) is 11.0. The molecule has 0 spiro atoms. The van der Waals surface area contributed by atoms with E-state index in [2.05, 4.69) is 54.7 Å². The second kappa shape index (κ2) is 7.34. The van der Waals surface area contributed by atoms with Crippen LogP contribution in [0.2, 0.25) is 0 Å². The predicted octanol–water partition coefficient (Wildman–Crippen LogP) is 2.78. The highest BCUT2D eigenvalue weighted by atomic mass is 14.8. The van der Waals surface area contributed by atoms with Crippen LogP contribution in [0.4, 0.5) is 0 Å². The summed E-state index contributed by atoms with van der Waals surface area (Å²) in [5.41, 5.74) is 1.41. The minimum absolute atomic E-state index is 1.07. The van der Waals surface area contributed by atoms with Gasteiger partial charge in [0.2, 0.25) is 0 Å². The molecule has 0 saturated carbocycles. The zero-order chi connectivity index (χ0) is 10.1. The monoisotopic (exact) mass is 189 g/mol. The fourth-order valence-corrected chi connectivity index (χ4v) is 1.35. The van der Waals surface area contributed by atoms with Gasteiger partial charge in [0.1, 0.15) is 0 Å². The summed E-state index contributed by atoms with van der Waals surface area (Å²) in [7, 11) is 0. The van der Waals surface area contributed by atoms with E-state index in [1.807, 2.05) is 0 Å². The molecule has 0 heterocycles. The highest BCUT2D eigenvalue weighted by Crippen LogP contribution is 1.97. The zero-order valence-corrected chi connectivity index (χ0v) is 8.87. The minimum Gasteiger partial charge on any atom is -0.316 e. The maximum Gasteiger partial charge on any atom is -0.000823 e. The molecule has 1 nitrogen and oxygen atoms in total. The van der Waals surface area contributed by atoms with Crippen molar-refractivity contribution in [1.29, 1.82) is 0 Å². The molecule has 0 saturated heterocycles. The summed E-state index contributed by atoms with van der Waals surface area (Å²) in [5.74, 6) is 0. The molecular formula is C13H19N. The third-order valence-corrected chi connectivity index (χ3v) is 2.16. The molecule has 0 unspecified atom stereocenters. The maximum absolute atomic E-state index is 3.42. The first-order valence-electron chi connectivity index (χ1n) is 5.29. The van der Waals surface area contributed by atoms with E-state index in [4.69, 9.17) is 0 Å². The van der Waals surface area contributed by atoms with Gasteiger partial charge in [-0.25, -0.2) is 0 Å². The number of rotatable bonds is 6. The molecular weight excluding hydrogens is 170 g/mol. The molecule has 1 aromatic carbocycles. The highest BCUT2D eigenvalue weighted by molar-refractivity contribution is 5.14. The molecule has 0 fully saturated rings. The molecule has 0 radical (unpaired) electrons. The normalized spacial score (nSPS) is 10.9. The summed E-state index contributed by atoms with van der Waals surface area (Å²) in [6.45, 7) is 4.21. The van der Waals surface area contributed by atoms with Crippen LogP contribution in [0.1, 0.15) is 18.9 Å². The van der Waals surface area contributed by atoms with E-state index in [1.54, 1.807) is 0 Å². The van der Waals surface area contributed by atoms with Gasteiger partial charge in [-0.15, -0.1) is 0 Å². The lowest BCUT2D eigenvalue weighted by molar-refractivity contribution is 0.689. The Bertz CT molecular complexity index is 251. The summed E-state index contributed by atoms with van der Waals surface area (Å²) < 4.78 is 0. The van der Waals surface area contributed by atoms with Crippen LogP contribution < -0.4 is 5.32 Å². The largest absolute Gasteiger partial charge is 0.316 e. The van der Waals surface area contributed by atoms with Crippen molar-refractivity contribution in [2.75, 3.05) is 13.1 Å². The van der Waals surface area contributed by atoms with Crippen molar-refractivity contribution in [2.45, 2.75) is 19.8 Å². The van der Waals surface area contributed by atoms with Gasteiger partial charge in [-0.2, -0.15) is 0 Å². The first-order valence-corrected chi connectivity index (χ1v) is 5.29. The van der Waals surface area contributed by atoms with E-state index in [0.29, 0.717) is 0 Å². The van der Waals surface area contributed by atoms with Crippen LogP contribution in [0.25, 0.3) is 0 Å². The molecule has 0 aromatic heterocycles. The number of hydrogen-bond acceptors (Lipinski definition) is 1. The minimum atomic E-state index is 1.07. The van der Waals surface area contributed by atoms with Crippen molar-refractivity contribution < 1.29 is 0 Å². The van der Waals surface area contributed by atoms with Crippen LogP contribution in [0.5, 0.6) is 0 Å². The molecule has 1 aromatic rings. The third kappa shape index (κ3) is 4.83. The van der Waals surface area contributed by atoms with Crippen molar-refractivity contribution in [3.05, 3.63) is 48.0 Å². The molecule has 1 heteroatoms. The maximum atomic E-state index is 3.42. The van der Waals surface area contributed by atoms with E-state index in [9.17, 15) is 0 Å². The van der Waals surface area contributed by atoms with Crippen LogP contribution in [0.3, 0.4) is 0 Å². The fourth-order valence-electron chi connectivity index (χ4n) is 1.35. The average Bonchev–Trinajstić information content (AvgIpc) is 2.25. The average molecular weight is 189 g/mol. The SMILES string of the molecule is C/C=C/CCNCCc1ccccc1. The van der Waals surface area contributed by atoms with E-state index < -0.39 is 0 Å². The molecule has 14 heavy (non-hydrogen) atoms. The van der Waals surface area contributed by atoms with Crippen molar-refractivity contribution in [3.63, 3.8) is 0 Å². The quantitative estimate of drug-likeness (QED) is 0.536. The van der Waals surface area contributed by atoms with Crippen LogP contribution >= 0.6 is 0 Å². The van der Waals surface area contributed by atoms with Gasteiger partial charge >= 0.3 is 0 Å². The van der Waals surface area contributed by atoms with Gasteiger partial charge in [-0.3, -0.25) is 0 Å². The lowest BCUT2D eigenvalue weighted by Crippen LogP contribution is -2.17. The summed E-state index contributed by atoms with van der Waals surface area (Å²) in [4.78, 5) is 0. The van der Waals surface area contributed by atoms with Crippen molar-refractivity contribution in [2.24, 2.45) is 0 Å². The molecule has 1 rings (SSSR count). The molecule has 0 aliphatic rings. The molecule has 0 aliphatic heterocycles. The Kier molecular flexibility index (Phi) is 5.76. The Hall–Kier alpha value is -1.08. The highest BCUT2D eigenvalue weighted by Gasteiger charge is 1.89. The Morgan fingerprint density at radius 3 is 2.64 bits per heavy atom. The summed E-state index contributed by atoms with van der Waals surface area (Å²) in [6, 6.07) is 10.6. The molecule has 0 amide bonds. The van der Waals surface area contributed by atoms with Gasteiger partial charge < -0.3 is 5.32 Å². The van der Waals surface area contributed by atoms with Gasteiger partial charge in [0.25, 0.3) is 0 Å². The standard InChI is InChI=1S/C13H19N/c1-2-3-7-11-14-12-10-13-8-5-4-6-9-13/h2-6,8-9,14H,7,10-12H2,1H3/b3-2+. The fraction of sp³-hybridized carbons (Fsp3) is 0.385. The van der Waals surface area contributed by atoms with E-state index in [-0.39, 0.29) is 0 Å². The van der Waals surface area contributed by atoms with Crippen molar-refractivity contribution in [3.8, 4) is 0 Å². The third-order valence-electron chi connectivity index (χ3n) is 2.16. The Balaban J connectivity index is 2.05. The second-order valence-electron chi connectivity index (χ2n) is 3.34. The topological polar surface area (TPSA) is 12.0 Å².